The number of amides is 1. The molecule has 3 nitrogen and oxygen atoms in total. The van der Waals surface area contributed by atoms with Crippen LogP contribution in [0.5, 0.6) is 0 Å². The Morgan fingerprint density at radius 1 is 1.05 bits per heavy atom. The van der Waals surface area contributed by atoms with Gasteiger partial charge in [-0.1, -0.05) is 49.4 Å². The lowest BCUT2D eigenvalue weighted by atomic mass is 9.98. The SMILES string of the molecule is CCc1ccc(NC(=O)C(CN)Cc2ccccc2)cc1. The first-order chi connectivity index (χ1) is 10.2. The molecular formula is C18H22N2O. The van der Waals surface area contributed by atoms with Gasteiger partial charge in [0.2, 0.25) is 5.91 Å². The van der Waals surface area contributed by atoms with Gasteiger partial charge in [-0.25, -0.2) is 0 Å². The molecular weight excluding hydrogens is 260 g/mol. The monoisotopic (exact) mass is 282 g/mol. The summed E-state index contributed by atoms with van der Waals surface area (Å²) in [6.45, 7) is 2.45. The van der Waals surface area contributed by atoms with Crippen molar-refractivity contribution >= 4 is 11.6 Å². The fourth-order valence-electron chi connectivity index (χ4n) is 2.25. The lowest BCUT2D eigenvalue weighted by molar-refractivity contribution is -0.119. The number of carbonyl (C=O) groups excluding carboxylic acids is 1. The lowest BCUT2D eigenvalue weighted by Crippen LogP contribution is -2.30. The number of rotatable bonds is 6. The largest absolute Gasteiger partial charge is 0.330 e. The van der Waals surface area contributed by atoms with Crippen LogP contribution in [0.3, 0.4) is 0 Å². The lowest BCUT2D eigenvalue weighted by Gasteiger charge is -2.15. The van der Waals surface area contributed by atoms with E-state index in [-0.39, 0.29) is 11.8 Å². The second-order valence-electron chi connectivity index (χ2n) is 5.16. The average Bonchev–Trinajstić information content (AvgIpc) is 2.54. The molecule has 2 rings (SSSR count). The molecule has 2 aromatic carbocycles. The Balaban J connectivity index is 1.99. The number of hydrogen-bond acceptors (Lipinski definition) is 2. The highest BCUT2D eigenvalue weighted by Crippen LogP contribution is 2.14. The van der Waals surface area contributed by atoms with Crippen molar-refractivity contribution in [2.75, 3.05) is 11.9 Å². The quantitative estimate of drug-likeness (QED) is 0.855. The van der Waals surface area contributed by atoms with E-state index in [1.165, 1.54) is 5.56 Å². The summed E-state index contributed by atoms with van der Waals surface area (Å²) in [4.78, 5) is 12.3. The summed E-state index contributed by atoms with van der Waals surface area (Å²) in [5, 5.41) is 2.95. The van der Waals surface area contributed by atoms with Gasteiger partial charge in [0.25, 0.3) is 0 Å². The van der Waals surface area contributed by atoms with Gasteiger partial charge < -0.3 is 11.1 Å². The molecule has 3 N–H and O–H groups in total. The molecule has 21 heavy (non-hydrogen) atoms. The Kier molecular flexibility index (Phi) is 5.52. The van der Waals surface area contributed by atoms with E-state index in [2.05, 4.69) is 12.2 Å². The predicted octanol–water partition coefficient (Wildman–Crippen LogP) is 3.01. The van der Waals surface area contributed by atoms with Crippen LogP contribution >= 0.6 is 0 Å². The van der Waals surface area contributed by atoms with Crippen LogP contribution in [0.4, 0.5) is 5.69 Å². The van der Waals surface area contributed by atoms with E-state index in [1.807, 2.05) is 54.6 Å². The first-order valence-electron chi connectivity index (χ1n) is 7.36. The van der Waals surface area contributed by atoms with Crippen LogP contribution in [0.15, 0.2) is 54.6 Å². The van der Waals surface area contributed by atoms with E-state index in [9.17, 15) is 4.79 Å². The number of hydrogen-bond donors (Lipinski definition) is 2. The fraction of sp³-hybridized carbons (Fsp3) is 0.278. The standard InChI is InChI=1S/C18H22N2O/c1-2-14-8-10-17(11-9-14)20-18(21)16(13-19)12-15-6-4-3-5-7-15/h3-11,16H,2,12-13,19H2,1H3,(H,20,21). The maximum atomic E-state index is 12.3. The van der Waals surface area contributed by atoms with Gasteiger partial charge in [0.05, 0.1) is 5.92 Å². The molecule has 1 unspecified atom stereocenters. The van der Waals surface area contributed by atoms with Crippen LogP contribution in [0.2, 0.25) is 0 Å². The topological polar surface area (TPSA) is 55.1 Å². The van der Waals surface area contributed by atoms with Gasteiger partial charge in [0.1, 0.15) is 0 Å². The molecule has 0 fully saturated rings. The summed E-state index contributed by atoms with van der Waals surface area (Å²) in [5.41, 5.74) is 8.97. The molecule has 0 radical (unpaired) electrons. The first kappa shape index (κ1) is 15.3. The molecule has 0 saturated heterocycles. The molecule has 110 valence electrons. The third kappa shape index (κ3) is 4.43. The highest BCUT2D eigenvalue weighted by Gasteiger charge is 2.17. The molecule has 1 atom stereocenters. The van der Waals surface area contributed by atoms with Gasteiger partial charge in [0, 0.05) is 12.2 Å². The Labute approximate surface area is 126 Å². The zero-order valence-corrected chi connectivity index (χ0v) is 12.4. The maximum absolute atomic E-state index is 12.3. The predicted molar refractivity (Wildman–Crippen MR) is 87.1 cm³/mol. The van der Waals surface area contributed by atoms with Crippen molar-refractivity contribution in [1.82, 2.24) is 0 Å². The summed E-state index contributed by atoms with van der Waals surface area (Å²) in [6.07, 6.45) is 1.66. The number of carbonyl (C=O) groups is 1. The van der Waals surface area contributed by atoms with Gasteiger partial charge in [0.15, 0.2) is 0 Å². The molecule has 0 aliphatic heterocycles. The summed E-state index contributed by atoms with van der Waals surface area (Å²) in [6, 6.07) is 17.9. The molecule has 0 aliphatic rings. The summed E-state index contributed by atoms with van der Waals surface area (Å²) in [7, 11) is 0. The summed E-state index contributed by atoms with van der Waals surface area (Å²) in [5.74, 6) is -0.233. The number of benzene rings is 2. The van der Waals surface area contributed by atoms with Gasteiger partial charge >= 0.3 is 0 Å². The minimum Gasteiger partial charge on any atom is -0.330 e. The number of nitrogens with one attached hydrogen (secondary N) is 1. The van der Waals surface area contributed by atoms with E-state index >= 15 is 0 Å². The van der Waals surface area contributed by atoms with E-state index in [4.69, 9.17) is 5.73 Å². The molecule has 1 amide bonds. The van der Waals surface area contributed by atoms with Crippen molar-refractivity contribution in [1.29, 1.82) is 0 Å². The van der Waals surface area contributed by atoms with Crippen molar-refractivity contribution < 1.29 is 4.79 Å². The summed E-state index contributed by atoms with van der Waals surface area (Å²) >= 11 is 0. The zero-order chi connectivity index (χ0) is 15.1. The Morgan fingerprint density at radius 3 is 2.29 bits per heavy atom. The highest BCUT2D eigenvalue weighted by atomic mass is 16.1. The van der Waals surface area contributed by atoms with Crippen molar-refractivity contribution in [3.05, 3.63) is 65.7 Å². The van der Waals surface area contributed by atoms with Gasteiger partial charge in [-0.15, -0.1) is 0 Å². The highest BCUT2D eigenvalue weighted by molar-refractivity contribution is 5.92. The van der Waals surface area contributed by atoms with Gasteiger partial charge in [-0.05, 0) is 36.1 Å². The number of nitrogens with two attached hydrogens (primary N) is 1. The van der Waals surface area contributed by atoms with Crippen LogP contribution in [-0.4, -0.2) is 12.5 Å². The van der Waals surface area contributed by atoms with Crippen LogP contribution in [0.1, 0.15) is 18.1 Å². The first-order valence-corrected chi connectivity index (χ1v) is 7.36. The molecule has 0 aliphatic carbocycles. The van der Waals surface area contributed by atoms with Crippen molar-refractivity contribution in [2.24, 2.45) is 11.7 Å². The van der Waals surface area contributed by atoms with E-state index in [0.717, 1.165) is 17.7 Å². The Bertz CT molecular complexity index is 564. The number of aryl methyl sites for hydroxylation is 1. The van der Waals surface area contributed by atoms with Crippen molar-refractivity contribution in [3.63, 3.8) is 0 Å². The van der Waals surface area contributed by atoms with Crippen molar-refractivity contribution in [3.8, 4) is 0 Å². The smallest absolute Gasteiger partial charge is 0.229 e. The minimum atomic E-state index is -0.210. The van der Waals surface area contributed by atoms with E-state index in [0.29, 0.717) is 13.0 Å². The third-order valence-corrected chi connectivity index (χ3v) is 3.61. The van der Waals surface area contributed by atoms with E-state index < -0.39 is 0 Å². The van der Waals surface area contributed by atoms with Gasteiger partial charge in [-0.2, -0.15) is 0 Å². The Hall–Kier alpha value is -2.13. The van der Waals surface area contributed by atoms with Crippen LogP contribution < -0.4 is 11.1 Å². The average molecular weight is 282 g/mol. The zero-order valence-electron chi connectivity index (χ0n) is 12.4. The molecule has 0 aromatic heterocycles. The normalized spacial score (nSPS) is 11.9. The second-order valence-corrected chi connectivity index (χ2v) is 5.16. The number of anilines is 1. The molecule has 0 saturated carbocycles. The van der Waals surface area contributed by atoms with Crippen LogP contribution in [0.25, 0.3) is 0 Å². The van der Waals surface area contributed by atoms with Crippen LogP contribution in [0, 0.1) is 5.92 Å². The van der Waals surface area contributed by atoms with E-state index in [1.54, 1.807) is 0 Å². The molecule has 2 aromatic rings. The Morgan fingerprint density at radius 2 is 1.71 bits per heavy atom. The molecule has 0 bridgehead atoms. The van der Waals surface area contributed by atoms with Crippen molar-refractivity contribution in [2.45, 2.75) is 19.8 Å². The summed E-state index contributed by atoms with van der Waals surface area (Å²) < 4.78 is 0. The van der Waals surface area contributed by atoms with Gasteiger partial charge in [-0.3, -0.25) is 4.79 Å². The van der Waals surface area contributed by atoms with Crippen LogP contribution in [-0.2, 0) is 17.6 Å². The third-order valence-electron chi connectivity index (χ3n) is 3.61. The second kappa shape index (κ2) is 7.60. The maximum Gasteiger partial charge on any atom is 0.229 e. The molecule has 0 spiro atoms. The molecule has 0 heterocycles. The minimum absolute atomic E-state index is 0.0226. The fourth-order valence-corrected chi connectivity index (χ4v) is 2.25. The molecule has 3 heteroatoms.